The topological polar surface area (TPSA) is 22.1 Å². The van der Waals surface area contributed by atoms with E-state index in [1.165, 1.54) is 33.4 Å². The summed E-state index contributed by atoms with van der Waals surface area (Å²) in [4.78, 5) is 4.51. The van der Waals surface area contributed by atoms with Crippen LogP contribution in [0.1, 0.15) is 25.0 Å². The summed E-state index contributed by atoms with van der Waals surface area (Å²) in [7, 11) is 0. The lowest BCUT2D eigenvalue weighted by Crippen LogP contribution is -2.14. The molecule has 6 aromatic rings. The number of nitrogens with zero attached hydrogens (tertiary/aromatic N) is 1. The van der Waals surface area contributed by atoms with Crippen molar-refractivity contribution < 1.29 is 4.74 Å². The molecule has 0 amide bonds. The van der Waals surface area contributed by atoms with E-state index in [9.17, 15) is 0 Å². The van der Waals surface area contributed by atoms with E-state index in [0.29, 0.717) is 0 Å². The van der Waals surface area contributed by atoms with Crippen LogP contribution in [0.15, 0.2) is 116 Å². The van der Waals surface area contributed by atoms with Crippen molar-refractivity contribution in [1.82, 2.24) is 4.98 Å². The Morgan fingerprint density at radius 2 is 1.28 bits per heavy atom. The summed E-state index contributed by atoms with van der Waals surface area (Å²) in [6.07, 6.45) is 3.82. The van der Waals surface area contributed by atoms with E-state index in [0.717, 1.165) is 33.0 Å². The van der Waals surface area contributed by atoms with Gasteiger partial charge in [-0.1, -0.05) is 105 Å². The summed E-state index contributed by atoms with van der Waals surface area (Å²) < 4.78 is 6.96. The number of hydrogen-bond donors (Lipinski definition) is 0. The second kappa shape index (κ2) is 7.79. The monoisotopic (exact) mass is 463 g/mol. The first-order valence-corrected chi connectivity index (χ1v) is 12.4. The van der Waals surface area contributed by atoms with Crippen molar-refractivity contribution in [1.29, 1.82) is 0 Å². The predicted molar refractivity (Wildman–Crippen MR) is 149 cm³/mol. The first kappa shape index (κ1) is 20.9. The summed E-state index contributed by atoms with van der Waals surface area (Å²) in [6.45, 7) is 4.60. The molecule has 0 radical (unpaired) electrons. The second-order valence-corrected chi connectivity index (χ2v) is 9.99. The highest BCUT2D eigenvalue weighted by atomic mass is 16.5. The summed E-state index contributed by atoms with van der Waals surface area (Å²) in [5.74, 6) is 1.76. The van der Waals surface area contributed by atoms with Gasteiger partial charge in [0.15, 0.2) is 0 Å². The summed E-state index contributed by atoms with van der Waals surface area (Å²) >= 11 is 0. The third kappa shape index (κ3) is 2.94. The van der Waals surface area contributed by atoms with Crippen LogP contribution >= 0.6 is 0 Å². The van der Waals surface area contributed by atoms with Crippen molar-refractivity contribution in [2.45, 2.75) is 19.3 Å². The highest BCUT2D eigenvalue weighted by molar-refractivity contribution is 6.16. The van der Waals surface area contributed by atoms with Crippen LogP contribution in [-0.4, -0.2) is 4.98 Å². The fourth-order valence-electron chi connectivity index (χ4n) is 5.92. The Bertz CT molecular complexity index is 1730. The first-order chi connectivity index (χ1) is 17.6. The quantitative estimate of drug-likeness (QED) is 0.244. The number of fused-ring (bicyclic) bond motifs is 5. The molecule has 0 N–H and O–H groups in total. The highest BCUT2D eigenvalue weighted by Gasteiger charge is 2.37. The van der Waals surface area contributed by atoms with Crippen molar-refractivity contribution in [3.63, 3.8) is 0 Å². The lowest BCUT2D eigenvalue weighted by molar-refractivity contribution is 0.494. The van der Waals surface area contributed by atoms with Gasteiger partial charge in [-0.25, -0.2) is 0 Å². The maximum Gasteiger partial charge on any atom is 0.143 e. The smallest absolute Gasteiger partial charge is 0.143 e. The van der Waals surface area contributed by atoms with Crippen LogP contribution in [0.4, 0.5) is 0 Å². The number of aromatic nitrogens is 1. The molecule has 7 rings (SSSR count). The number of benzene rings is 5. The van der Waals surface area contributed by atoms with E-state index >= 15 is 0 Å². The average molecular weight is 464 g/mol. The number of pyridine rings is 1. The molecule has 0 spiro atoms. The third-order valence-corrected chi connectivity index (χ3v) is 7.62. The van der Waals surface area contributed by atoms with Crippen molar-refractivity contribution in [2.75, 3.05) is 0 Å². The summed E-state index contributed by atoms with van der Waals surface area (Å²) in [5.41, 5.74) is 7.38. The zero-order valence-electron chi connectivity index (χ0n) is 20.3. The van der Waals surface area contributed by atoms with Gasteiger partial charge >= 0.3 is 0 Å². The normalized spacial score (nSPS) is 13.5. The molecule has 0 unspecified atom stereocenters. The maximum atomic E-state index is 6.96. The Morgan fingerprint density at radius 1 is 0.583 bits per heavy atom. The maximum absolute atomic E-state index is 6.96. The van der Waals surface area contributed by atoms with Crippen LogP contribution in [0.5, 0.6) is 11.5 Å². The van der Waals surface area contributed by atoms with Crippen molar-refractivity contribution in [3.8, 4) is 33.8 Å². The van der Waals surface area contributed by atoms with Gasteiger partial charge in [-0.3, -0.25) is 4.98 Å². The van der Waals surface area contributed by atoms with Crippen molar-refractivity contribution >= 4 is 21.5 Å². The molecule has 172 valence electrons. The molecule has 2 nitrogen and oxygen atoms in total. The molecule has 1 aromatic heterocycles. The summed E-state index contributed by atoms with van der Waals surface area (Å²) in [6, 6.07) is 36.3. The fourth-order valence-corrected chi connectivity index (χ4v) is 5.92. The van der Waals surface area contributed by atoms with Gasteiger partial charge in [-0.15, -0.1) is 0 Å². The van der Waals surface area contributed by atoms with E-state index in [4.69, 9.17) is 4.74 Å². The van der Waals surface area contributed by atoms with Gasteiger partial charge in [-0.05, 0) is 45.3 Å². The van der Waals surface area contributed by atoms with Gasteiger partial charge < -0.3 is 4.74 Å². The minimum atomic E-state index is -0.0729. The largest absolute Gasteiger partial charge is 0.455 e. The molecule has 5 aromatic carbocycles. The lowest BCUT2D eigenvalue weighted by Gasteiger charge is -2.22. The predicted octanol–water partition coefficient (Wildman–Crippen LogP) is 9.15. The molecule has 1 aliphatic rings. The molecule has 0 aliphatic heterocycles. The minimum Gasteiger partial charge on any atom is -0.455 e. The van der Waals surface area contributed by atoms with E-state index in [1.54, 1.807) is 0 Å². The lowest BCUT2D eigenvalue weighted by atomic mass is 9.82. The Morgan fingerprint density at radius 3 is 2.14 bits per heavy atom. The SMILES string of the molecule is CC1(C)c2ccccc2-c2c(Oc3c4ccccc4c(-c4ccccc4)c4cnccc34)cccc21. The zero-order chi connectivity index (χ0) is 24.3. The van der Waals surface area contributed by atoms with Crippen LogP contribution in [0.2, 0.25) is 0 Å². The Hall–Kier alpha value is -4.43. The van der Waals surface area contributed by atoms with Crippen LogP contribution in [0.3, 0.4) is 0 Å². The van der Waals surface area contributed by atoms with Crippen LogP contribution in [0.25, 0.3) is 43.8 Å². The molecular formula is C34H25NO. The average Bonchev–Trinajstić information content (AvgIpc) is 3.16. The van der Waals surface area contributed by atoms with Gasteiger partial charge in [-0.2, -0.15) is 0 Å². The fraction of sp³-hybridized carbons (Fsp3) is 0.0882. The standard InChI is InChI=1S/C34H25NO/c1-34(2)28-16-9-8-15-26(28)32-29(34)17-10-18-30(32)36-33-24-14-7-6-13-23(24)31(22-11-4-3-5-12-22)27-21-35-20-19-25(27)33/h3-21H,1-2H3. The molecule has 0 fully saturated rings. The molecule has 0 atom stereocenters. The minimum absolute atomic E-state index is 0.0729. The molecule has 0 saturated carbocycles. The highest BCUT2D eigenvalue weighted by Crippen LogP contribution is 2.53. The molecule has 0 bridgehead atoms. The van der Waals surface area contributed by atoms with Gasteiger partial charge in [0.05, 0.1) is 0 Å². The van der Waals surface area contributed by atoms with Crippen molar-refractivity contribution in [2.24, 2.45) is 0 Å². The third-order valence-electron chi connectivity index (χ3n) is 7.62. The van der Waals surface area contributed by atoms with Crippen LogP contribution < -0.4 is 4.74 Å². The zero-order valence-corrected chi connectivity index (χ0v) is 20.3. The van der Waals surface area contributed by atoms with E-state index < -0.39 is 0 Å². The van der Waals surface area contributed by atoms with E-state index in [1.807, 2.05) is 12.4 Å². The van der Waals surface area contributed by atoms with Crippen LogP contribution in [-0.2, 0) is 5.41 Å². The van der Waals surface area contributed by atoms with Gasteiger partial charge in [0.1, 0.15) is 11.5 Å². The van der Waals surface area contributed by atoms with Gasteiger partial charge in [0.25, 0.3) is 0 Å². The number of hydrogen-bond acceptors (Lipinski definition) is 2. The van der Waals surface area contributed by atoms with E-state index in [2.05, 4.69) is 122 Å². The Kier molecular flexibility index (Phi) is 4.52. The first-order valence-electron chi connectivity index (χ1n) is 12.4. The number of ether oxygens (including phenoxy) is 1. The van der Waals surface area contributed by atoms with Gasteiger partial charge in [0, 0.05) is 39.5 Å². The molecule has 2 heteroatoms. The van der Waals surface area contributed by atoms with Gasteiger partial charge in [0.2, 0.25) is 0 Å². The molecule has 1 heterocycles. The number of rotatable bonds is 3. The van der Waals surface area contributed by atoms with E-state index in [-0.39, 0.29) is 5.41 Å². The Balaban J connectivity index is 1.52. The van der Waals surface area contributed by atoms with Crippen LogP contribution in [0, 0.1) is 0 Å². The Labute approximate surface area is 210 Å². The molecular weight excluding hydrogens is 438 g/mol. The summed E-state index contributed by atoms with van der Waals surface area (Å²) in [5, 5.41) is 4.40. The van der Waals surface area contributed by atoms with Crippen molar-refractivity contribution in [3.05, 3.63) is 127 Å². The molecule has 0 saturated heterocycles. The molecule has 36 heavy (non-hydrogen) atoms. The second-order valence-electron chi connectivity index (χ2n) is 9.99. The molecule has 1 aliphatic carbocycles.